The van der Waals surface area contributed by atoms with Crippen LogP contribution >= 0.6 is 15.9 Å². The van der Waals surface area contributed by atoms with Crippen LogP contribution in [-0.2, 0) is 9.59 Å². The first-order valence-electron chi connectivity index (χ1n) is 5.78. The number of carboxylic acids is 1. The van der Waals surface area contributed by atoms with Gasteiger partial charge in [0, 0.05) is 6.08 Å². The molecule has 5 heteroatoms. The molecule has 1 N–H and O–H groups in total. The molecule has 0 heterocycles. The number of ether oxygens (including phenoxy) is 1. The first-order valence-corrected chi connectivity index (χ1v) is 6.69. The van der Waals surface area contributed by atoms with Crippen LogP contribution in [0.2, 0.25) is 0 Å². The Kier molecular flexibility index (Phi) is 5.76. The van der Waals surface area contributed by atoms with E-state index >= 15 is 0 Å². The fraction of sp³-hybridized carbons (Fsp3) is 0.286. The lowest BCUT2D eigenvalue weighted by atomic mass is 10.0. The van der Waals surface area contributed by atoms with Gasteiger partial charge in [-0.3, -0.25) is 4.79 Å². The highest BCUT2D eigenvalue weighted by atomic mass is 79.9. The summed E-state index contributed by atoms with van der Waals surface area (Å²) >= 11 is 3.30. The minimum atomic E-state index is -1.04. The van der Waals surface area contributed by atoms with Gasteiger partial charge < -0.3 is 9.84 Å². The number of carbonyl (C=O) groups is 2. The number of benzene rings is 1. The summed E-state index contributed by atoms with van der Waals surface area (Å²) in [5.41, 5.74) is 1.36. The molecule has 0 radical (unpaired) electrons. The van der Waals surface area contributed by atoms with E-state index in [2.05, 4.69) is 15.9 Å². The van der Waals surface area contributed by atoms with E-state index in [0.29, 0.717) is 23.5 Å². The van der Waals surface area contributed by atoms with Gasteiger partial charge in [0.2, 0.25) is 0 Å². The second-order valence-corrected chi connectivity index (χ2v) is 4.78. The molecule has 0 aliphatic heterocycles. The van der Waals surface area contributed by atoms with Crippen LogP contribution in [0, 0.1) is 0 Å². The summed E-state index contributed by atoms with van der Waals surface area (Å²) in [4.78, 5) is 21.6. The van der Waals surface area contributed by atoms with Crippen molar-refractivity contribution in [3.8, 4) is 5.75 Å². The van der Waals surface area contributed by atoms with Crippen LogP contribution in [-0.4, -0.2) is 23.5 Å². The molecule has 1 aromatic rings. The highest BCUT2D eigenvalue weighted by molar-refractivity contribution is 9.09. The van der Waals surface area contributed by atoms with Crippen molar-refractivity contribution in [1.29, 1.82) is 0 Å². The van der Waals surface area contributed by atoms with Gasteiger partial charge in [-0.25, -0.2) is 4.79 Å². The SMILES string of the molecule is CCOc1ccc(C(Br)C(C)=O)c(C=CC(=O)O)c1. The third-order valence-corrected chi connectivity index (χ3v) is 3.54. The molecule has 0 aromatic heterocycles. The average molecular weight is 327 g/mol. The minimum absolute atomic E-state index is 0.0471. The van der Waals surface area contributed by atoms with Gasteiger partial charge in [-0.15, -0.1) is 0 Å². The lowest BCUT2D eigenvalue weighted by molar-refractivity contribution is -0.131. The molecule has 0 saturated carbocycles. The Hall–Kier alpha value is -1.62. The van der Waals surface area contributed by atoms with Crippen molar-refractivity contribution in [2.24, 2.45) is 0 Å². The lowest BCUT2D eigenvalue weighted by Gasteiger charge is -2.12. The summed E-state index contributed by atoms with van der Waals surface area (Å²) in [7, 11) is 0. The molecule has 102 valence electrons. The second kappa shape index (κ2) is 7.09. The maximum absolute atomic E-state index is 11.4. The van der Waals surface area contributed by atoms with Crippen molar-refractivity contribution in [1.82, 2.24) is 0 Å². The highest BCUT2D eigenvalue weighted by Gasteiger charge is 2.16. The van der Waals surface area contributed by atoms with Gasteiger partial charge in [0.1, 0.15) is 11.5 Å². The molecule has 1 rings (SSSR count). The Labute approximate surface area is 120 Å². The maximum Gasteiger partial charge on any atom is 0.328 e. The molecular formula is C14H15BrO4. The predicted molar refractivity (Wildman–Crippen MR) is 76.6 cm³/mol. The largest absolute Gasteiger partial charge is 0.494 e. The molecule has 0 fully saturated rings. The molecule has 0 bridgehead atoms. The second-order valence-electron chi connectivity index (χ2n) is 3.87. The third-order valence-electron chi connectivity index (χ3n) is 2.40. The molecular weight excluding hydrogens is 312 g/mol. The number of halogens is 1. The van der Waals surface area contributed by atoms with E-state index in [-0.39, 0.29) is 5.78 Å². The summed E-state index contributed by atoms with van der Waals surface area (Å²) < 4.78 is 5.37. The molecule has 0 aliphatic carbocycles. The quantitative estimate of drug-likeness (QED) is 0.644. The Balaban J connectivity index is 3.21. The average Bonchev–Trinajstić information content (AvgIpc) is 2.36. The number of aliphatic carboxylic acids is 1. The van der Waals surface area contributed by atoms with Crippen molar-refractivity contribution >= 4 is 33.8 Å². The molecule has 0 aliphatic rings. The van der Waals surface area contributed by atoms with Crippen LogP contribution in [0.3, 0.4) is 0 Å². The zero-order valence-corrected chi connectivity index (χ0v) is 12.3. The lowest BCUT2D eigenvalue weighted by Crippen LogP contribution is -2.04. The summed E-state index contributed by atoms with van der Waals surface area (Å²) in [6, 6.07) is 5.23. The maximum atomic E-state index is 11.4. The zero-order valence-electron chi connectivity index (χ0n) is 10.7. The smallest absolute Gasteiger partial charge is 0.328 e. The minimum Gasteiger partial charge on any atom is -0.494 e. The fourth-order valence-electron chi connectivity index (χ4n) is 1.56. The van der Waals surface area contributed by atoms with E-state index < -0.39 is 10.8 Å². The standard InChI is InChI=1S/C14H15BrO4/c1-3-19-11-5-6-12(14(15)9(2)16)10(8-11)4-7-13(17)18/h4-8,14H,3H2,1-2H3,(H,17,18). The number of hydrogen-bond acceptors (Lipinski definition) is 3. The van der Waals surface area contributed by atoms with Crippen molar-refractivity contribution < 1.29 is 19.4 Å². The van der Waals surface area contributed by atoms with Gasteiger partial charge in [0.25, 0.3) is 0 Å². The Morgan fingerprint density at radius 1 is 1.47 bits per heavy atom. The monoisotopic (exact) mass is 326 g/mol. The van der Waals surface area contributed by atoms with Crippen molar-refractivity contribution in [2.45, 2.75) is 18.7 Å². The highest BCUT2D eigenvalue weighted by Crippen LogP contribution is 2.30. The van der Waals surface area contributed by atoms with Crippen LogP contribution in [0.4, 0.5) is 0 Å². The van der Waals surface area contributed by atoms with Crippen molar-refractivity contribution in [2.75, 3.05) is 6.61 Å². The number of rotatable bonds is 6. The number of carbonyl (C=O) groups excluding carboxylic acids is 1. The fourth-order valence-corrected chi connectivity index (χ4v) is 1.98. The van der Waals surface area contributed by atoms with Crippen LogP contribution in [0.5, 0.6) is 5.75 Å². The molecule has 0 amide bonds. The van der Waals surface area contributed by atoms with Gasteiger partial charge in [-0.2, -0.15) is 0 Å². The number of ketones is 1. The topological polar surface area (TPSA) is 63.6 Å². The molecule has 1 atom stereocenters. The Morgan fingerprint density at radius 3 is 2.68 bits per heavy atom. The first-order chi connectivity index (χ1) is 8.95. The molecule has 0 spiro atoms. The predicted octanol–water partition coefficient (Wildman–Crippen LogP) is 3.21. The van der Waals surface area contributed by atoms with E-state index in [1.165, 1.54) is 13.0 Å². The summed E-state index contributed by atoms with van der Waals surface area (Å²) in [5.74, 6) is -0.449. The van der Waals surface area contributed by atoms with Crippen LogP contribution in [0.15, 0.2) is 24.3 Å². The van der Waals surface area contributed by atoms with E-state index in [0.717, 1.165) is 6.08 Å². The Morgan fingerprint density at radius 2 is 2.16 bits per heavy atom. The number of alkyl halides is 1. The zero-order chi connectivity index (χ0) is 14.4. The number of hydrogen-bond donors (Lipinski definition) is 1. The van der Waals surface area contributed by atoms with E-state index in [4.69, 9.17) is 9.84 Å². The molecule has 4 nitrogen and oxygen atoms in total. The molecule has 1 unspecified atom stereocenters. The third kappa shape index (κ3) is 4.52. The van der Waals surface area contributed by atoms with Crippen molar-refractivity contribution in [3.63, 3.8) is 0 Å². The van der Waals surface area contributed by atoms with Gasteiger partial charge in [-0.05, 0) is 43.2 Å². The summed E-state index contributed by atoms with van der Waals surface area (Å²) in [6.45, 7) is 3.86. The molecule has 19 heavy (non-hydrogen) atoms. The Bertz CT molecular complexity index is 508. The van der Waals surface area contributed by atoms with Crippen molar-refractivity contribution in [3.05, 3.63) is 35.4 Å². The van der Waals surface area contributed by atoms with Crippen LogP contribution < -0.4 is 4.74 Å². The molecule has 1 aromatic carbocycles. The number of Topliss-reactive ketones (excluding diaryl/α,β-unsaturated/α-hetero) is 1. The van der Waals surface area contributed by atoms with Gasteiger partial charge >= 0.3 is 5.97 Å². The van der Waals surface area contributed by atoms with E-state index in [9.17, 15) is 9.59 Å². The number of carboxylic acid groups (broad SMARTS) is 1. The molecule has 0 saturated heterocycles. The normalized spacial score (nSPS) is 12.4. The summed E-state index contributed by atoms with van der Waals surface area (Å²) in [5, 5.41) is 8.69. The van der Waals surface area contributed by atoms with Gasteiger partial charge in [0.15, 0.2) is 0 Å². The van der Waals surface area contributed by atoms with E-state index in [1.807, 2.05) is 6.92 Å². The van der Waals surface area contributed by atoms with Crippen LogP contribution in [0.1, 0.15) is 29.8 Å². The first kappa shape index (κ1) is 15.4. The van der Waals surface area contributed by atoms with E-state index in [1.54, 1.807) is 18.2 Å². The van der Waals surface area contributed by atoms with Crippen LogP contribution in [0.25, 0.3) is 6.08 Å². The van der Waals surface area contributed by atoms with Gasteiger partial charge in [-0.1, -0.05) is 22.0 Å². The van der Waals surface area contributed by atoms with Gasteiger partial charge in [0.05, 0.1) is 11.4 Å². The summed E-state index contributed by atoms with van der Waals surface area (Å²) in [6.07, 6.45) is 2.49.